The van der Waals surface area contributed by atoms with Crippen molar-refractivity contribution in [1.29, 1.82) is 0 Å². The standard InChI is InChI=1S/C12H22N4OS2/c1-5-16(3)12-15-10(13)9(19-12)11(17)14-8(2)6-7-18-4/h8H,5-7,13H2,1-4H3,(H,14,17). The van der Waals surface area contributed by atoms with E-state index in [1.165, 1.54) is 11.3 Å². The van der Waals surface area contributed by atoms with E-state index in [2.05, 4.69) is 16.6 Å². The molecule has 1 amide bonds. The fraction of sp³-hybridized carbons (Fsp3) is 0.667. The second-order valence-electron chi connectivity index (χ2n) is 4.38. The minimum Gasteiger partial charge on any atom is -0.382 e. The van der Waals surface area contributed by atoms with Crippen LogP contribution in [0.5, 0.6) is 0 Å². The van der Waals surface area contributed by atoms with Gasteiger partial charge in [0, 0.05) is 19.6 Å². The molecule has 1 atom stereocenters. The molecule has 1 rings (SSSR count). The van der Waals surface area contributed by atoms with Gasteiger partial charge < -0.3 is 16.0 Å². The highest BCUT2D eigenvalue weighted by molar-refractivity contribution is 7.98. The van der Waals surface area contributed by atoms with Crippen molar-refractivity contribution in [2.45, 2.75) is 26.3 Å². The molecule has 0 saturated heterocycles. The summed E-state index contributed by atoms with van der Waals surface area (Å²) < 4.78 is 0. The van der Waals surface area contributed by atoms with Crippen molar-refractivity contribution in [3.8, 4) is 0 Å². The monoisotopic (exact) mass is 302 g/mol. The molecule has 0 fully saturated rings. The number of hydrogen-bond acceptors (Lipinski definition) is 6. The first-order chi connectivity index (χ1) is 8.99. The van der Waals surface area contributed by atoms with Crippen LogP contribution < -0.4 is 16.0 Å². The number of thioether (sulfide) groups is 1. The zero-order valence-corrected chi connectivity index (χ0v) is 13.5. The number of nitrogens with two attached hydrogens (primary N) is 1. The molecule has 0 bridgehead atoms. The molecule has 1 unspecified atom stereocenters. The van der Waals surface area contributed by atoms with Gasteiger partial charge in [0.1, 0.15) is 10.7 Å². The van der Waals surface area contributed by atoms with E-state index in [0.29, 0.717) is 10.7 Å². The van der Waals surface area contributed by atoms with Crippen molar-refractivity contribution in [2.24, 2.45) is 0 Å². The molecule has 1 heterocycles. The lowest BCUT2D eigenvalue weighted by molar-refractivity contribution is 0.0944. The van der Waals surface area contributed by atoms with Crippen LogP contribution in [0.3, 0.4) is 0 Å². The van der Waals surface area contributed by atoms with Crippen LogP contribution >= 0.6 is 23.1 Å². The smallest absolute Gasteiger partial charge is 0.265 e. The Kier molecular flexibility index (Phi) is 6.44. The SMILES string of the molecule is CCN(C)c1nc(N)c(C(=O)NC(C)CCSC)s1. The van der Waals surface area contributed by atoms with Crippen LogP contribution in [-0.4, -0.2) is 42.5 Å². The second kappa shape index (κ2) is 7.59. The van der Waals surface area contributed by atoms with Gasteiger partial charge in [-0.05, 0) is 32.3 Å². The molecule has 0 radical (unpaired) electrons. The normalized spacial score (nSPS) is 12.2. The predicted molar refractivity (Wildman–Crippen MR) is 85.4 cm³/mol. The van der Waals surface area contributed by atoms with E-state index in [1.54, 1.807) is 11.8 Å². The van der Waals surface area contributed by atoms with Crippen LogP contribution in [-0.2, 0) is 0 Å². The Balaban J connectivity index is 2.69. The quantitative estimate of drug-likeness (QED) is 0.806. The molecule has 0 aromatic carbocycles. The van der Waals surface area contributed by atoms with Crippen LogP contribution in [0.4, 0.5) is 10.9 Å². The molecule has 0 aliphatic rings. The third-order valence-electron chi connectivity index (χ3n) is 2.78. The molecule has 1 aromatic rings. The average Bonchev–Trinajstić information content (AvgIpc) is 2.77. The van der Waals surface area contributed by atoms with Gasteiger partial charge in [-0.1, -0.05) is 11.3 Å². The largest absolute Gasteiger partial charge is 0.382 e. The van der Waals surface area contributed by atoms with Crippen LogP contribution in [0.25, 0.3) is 0 Å². The highest BCUT2D eigenvalue weighted by Crippen LogP contribution is 2.27. The lowest BCUT2D eigenvalue weighted by Crippen LogP contribution is -2.32. The first kappa shape index (κ1) is 16.1. The van der Waals surface area contributed by atoms with Gasteiger partial charge in [-0.15, -0.1) is 0 Å². The fourth-order valence-corrected chi connectivity index (χ4v) is 2.94. The fourth-order valence-electron chi connectivity index (χ4n) is 1.44. The Bertz CT molecular complexity index is 422. The van der Waals surface area contributed by atoms with Gasteiger partial charge in [-0.2, -0.15) is 11.8 Å². The van der Waals surface area contributed by atoms with Gasteiger partial charge in [0.05, 0.1) is 0 Å². The van der Waals surface area contributed by atoms with Gasteiger partial charge in [0.25, 0.3) is 5.91 Å². The van der Waals surface area contributed by atoms with Crippen molar-refractivity contribution in [3.63, 3.8) is 0 Å². The number of amides is 1. The number of rotatable bonds is 7. The van der Waals surface area contributed by atoms with E-state index >= 15 is 0 Å². The van der Waals surface area contributed by atoms with Gasteiger partial charge >= 0.3 is 0 Å². The molecule has 0 saturated carbocycles. The Morgan fingerprint density at radius 3 is 2.89 bits per heavy atom. The lowest BCUT2D eigenvalue weighted by Gasteiger charge is -2.12. The Labute approximate surface area is 123 Å². The summed E-state index contributed by atoms with van der Waals surface area (Å²) in [5.74, 6) is 1.22. The van der Waals surface area contributed by atoms with Crippen LogP contribution in [0, 0.1) is 0 Å². The first-order valence-electron chi connectivity index (χ1n) is 6.26. The summed E-state index contributed by atoms with van der Waals surface area (Å²) >= 11 is 3.11. The summed E-state index contributed by atoms with van der Waals surface area (Å²) in [7, 11) is 1.93. The van der Waals surface area contributed by atoms with Crippen molar-refractivity contribution in [3.05, 3.63) is 4.88 Å². The maximum atomic E-state index is 12.1. The number of nitrogens with one attached hydrogen (secondary N) is 1. The average molecular weight is 302 g/mol. The van der Waals surface area contributed by atoms with Crippen molar-refractivity contribution < 1.29 is 4.79 Å². The Morgan fingerprint density at radius 2 is 2.32 bits per heavy atom. The molecule has 108 valence electrons. The van der Waals surface area contributed by atoms with Crippen LogP contribution in [0.1, 0.15) is 29.9 Å². The Morgan fingerprint density at radius 1 is 1.63 bits per heavy atom. The van der Waals surface area contributed by atoms with E-state index in [9.17, 15) is 4.79 Å². The van der Waals surface area contributed by atoms with E-state index in [1.807, 2.05) is 25.8 Å². The third-order valence-corrected chi connectivity index (χ3v) is 4.61. The molecule has 19 heavy (non-hydrogen) atoms. The number of nitrogen functional groups attached to an aromatic ring is 1. The predicted octanol–water partition coefficient (Wildman–Crippen LogP) is 2.05. The van der Waals surface area contributed by atoms with Crippen LogP contribution in [0.2, 0.25) is 0 Å². The molecule has 0 aliphatic carbocycles. The highest BCUT2D eigenvalue weighted by atomic mass is 32.2. The maximum absolute atomic E-state index is 12.1. The number of aromatic nitrogens is 1. The molecule has 0 aliphatic heterocycles. The summed E-state index contributed by atoms with van der Waals surface area (Å²) in [5, 5.41) is 3.74. The molecule has 0 spiro atoms. The topological polar surface area (TPSA) is 71.2 Å². The van der Waals surface area contributed by atoms with Gasteiger partial charge in [0.15, 0.2) is 5.13 Å². The zero-order valence-electron chi connectivity index (χ0n) is 11.9. The number of thiazole rings is 1. The van der Waals surface area contributed by atoms with Crippen LogP contribution in [0.15, 0.2) is 0 Å². The third kappa shape index (κ3) is 4.58. The molecular weight excluding hydrogens is 280 g/mol. The molecule has 1 aromatic heterocycles. The minimum atomic E-state index is -0.126. The van der Waals surface area contributed by atoms with Gasteiger partial charge in [0.2, 0.25) is 0 Å². The van der Waals surface area contributed by atoms with E-state index < -0.39 is 0 Å². The summed E-state index contributed by atoms with van der Waals surface area (Å²) in [6, 6.07) is 0.147. The molecule has 7 heteroatoms. The lowest BCUT2D eigenvalue weighted by atomic mass is 10.2. The highest BCUT2D eigenvalue weighted by Gasteiger charge is 2.18. The molecule has 3 N–H and O–H groups in total. The summed E-state index contributed by atoms with van der Waals surface area (Å²) in [4.78, 5) is 18.8. The number of carbonyl (C=O) groups excluding carboxylic acids is 1. The Hall–Kier alpha value is -0.950. The van der Waals surface area contributed by atoms with Gasteiger partial charge in [-0.3, -0.25) is 4.79 Å². The second-order valence-corrected chi connectivity index (χ2v) is 6.34. The minimum absolute atomic E-state index is 0.126. The molecule has 5 nitrogen and oxygen atoms in total. The number of nitrogens with zero attached hydrogens (tertiary/aromatic N) is 2. The summed E-state index contributed by atoms with van der Waals surface area (Å²) in [6.45, 7) is 4.87. The van der Waals surface area contributed by atoms with Crippen molar-refractivity contribution >= 4 is 40.0 Å². The maximum Gasteiger partial charge on any atom is 0.265 e. The van der Waals surface area contributed by atoms with E-state index in [-0.39, 0.29) is 11.9 Å². The van der Waals surface area contributed by atoms with Crippen molar-refractivity contribution in [1.82, 2.24) is 10.3 Å². The van der Waals surface area contributed by atoms with E-state index in [4.69, 9.17) is 5.73 Å². The number of hydrogen-bond donors (Lipinski definition) is 2. The summed E-state index contributed by atoms with van der Waals surface area (Å²) in [6.07, 6.45) is 3.01. The zero-order chi connectivity index (χ0) is 14.4. The molecular formula is C12H22N4OS2. The first-order valence-corrected chi connectivity index (χ1v) is 8.47. The van der Waals surface area contributed by atoms with Gasteiger partial charge in [-0.25, -0.2) is 4.98 Å². The van der Waals surface area contributed by atoms with E-state index in [0.717, 1.165) is 23.8 Å². The number of carbonyl (C=O) groups is 1. The van der Waals surface area contributed by atoms with Crippen molar-refractivity contribution in [2.75, 3.05) is 36.2 Å². The number of anilines is 2. The summed E-state index contributed by atoms with van der Waals surface area (Å²) in [5.41, 5.74) is 5.82.